The van der Waals surface area contributed by atoms with Gasteiger partial charge in [-0.25, -0.2) is 9.78 Å². The van der Waals surface area contributed by atoms with Gasteiger partial charge in [0.15, 0.2) is 11.4 Å². The summed E-state index contributed by atoms with van der Waals surface area (Å²) in [6.45, 7) is 3.73. The number of carboxylic acids is 1. The molecule has 3 heterocycles. The van der Waals surface area contributed by atoms with Crippen molar-refractivity contribution in [3.8, 4) is 5.75 Å². The highest BCUT2D eigenvalue weighted by Crippen LogP contribution is 2.38. The molecule has 1 fully saturated rings. The largest absolute Gasteiger partial charge is 0.496 e. The van der Waals surface area contributed by atoms with Gasteiger partial charge in [0.05, 0.1) is 12.5 Å². The van der Waals surface area contributed by atoms with Crippen LogP contribution in [0.25, 0.3) is 22.1 Å². The summed E-state index contributed by atoms with van der Waals surface area (Å²) in [5.41, 5.74) is 8.07. The van der Waals surface area contributed by atoms with Gasteiger partial charge in [-0.2, -0.15) is 18.2 Å². The van der Waals surface area contributed by atoms with Gasteiger partial charge in [0, 0.05) is 26.2 Å². The third-order valence-corrected chi connectivity index (χ3v) is 4.57. The van der Waals surface area contributed by atoms with Crippen LogP contribution < -0.4 is 15.4 Å². The van der Waals surface area contributed by atoms with Gasteiger partial charge < -0.3 is 29.8 Å². The van der Waals surface area contributed by atoms with Crippen LogP contribution in [0.3, 0.4) is 0 Å². The normalized spacial score (nSPS) is 15.2. The monoisotopic (exact) mass is 427 g/mol. The van der Waals surface area contributed by atoms with Crippen LogP contribution in [-0.4, -0.2) is 72.5 Å². The van der Waals surface area contributed by atoms with E-state index in [9.17, 15) is 13.2 Å². The highest BCUT2D eigenvalue weighted by Gasteiger charge is 2.38. The first-order chi connectivity index (χ1) is 14.1. The number of aliphatic carboxylic acids is 1. The van der Waals surface area contributed by atoms with Crippen LogP contribution in [0, 0.1) is 0 Å². The maximum atomic E-state index is 10.6. The second kappa shape index (κ2) is 8.22. The summed E-state index contributed by atoms with van der Waals surface area (Å²) < 4.78 is 43.2. The molecule has 1 saturated heterocycles. The zero-order valence-corrected chi connectivity index (χ0v) is 16.2. The van der Waals surface area contributed by atoms with E-state index in [-0.39, 0.29) is 5.95 Å². The van der Waals surface area contributed by atoms with Crippen LogP contribution in [0.2, 0.25) is 0 Å². The molecule has 1 aliphatic heterocycles. The molecule has 0 bridgehead atoms. The Kier molecular flexibility index (Phi) is 5.87. The summed E-state index contributed by atoms with van der Waals surface area (Å²) in [6.07, 6.45) is -5.08. The molecule has 0 amide bonds. The molecule has 1 aliphatic rings. The van der Waals surface area contributed by atoms with Gasteiger partial charge in [-0.05, 0) is 19.2 Å². The van der Waals surface area contributed by atoms with Crippen molar-refractivity contribution >= 4 is 39.8 Å². The van der Waals surface area contributed by atoms with E-state index in [1.54, 1.807) is 7.11 Å². The second-order valence-corrected chi connectivity index (χ2v) is 6.61. The first-order valence-corrected chi connectivity index (χ1v) is 8.88. The number of piperazine rings is 1. The number of furan rings is 1. The molecule has 0 spiro atoms. The predicted octanol–water partition coefficient (Wildman–Crippen LogP) is 2.35. The summed E-state index contributed by atoms with van der Waals surface area (Å²) in [5, 5.41) is 7.97. The fourth-order valence-electron chi connectivity index (χ4n) is 3.06. The Morgan fingerprint density at radius 1 is 1.23 bits per heavy atom. The van der Waals surface area contributed by atoms with E-state index in [1.165, 1.54) is 0 Å². The van der Waals surface area contributed by atoms with E-state index in [0.717, 1.165) is 48.7 Å². The lowest BCUT2D eigenvalue weighted by atomic mass is 10.2. The second-order valence-electron chi connectivity index (χ2n) is 6.61. The summed E-state index contributed by atoms with van der Waals surface area (Å²) in [4.78, 5) is 22.2. The third-order valence-electron chi connectivity index (χ3n) is 4.57. The van der Waals surface area contributed by atoms with Gasteiger partial charge in [0.1, 0.15) is 16.8 Å². The number of hydrogen-bond acceptors (Lipinski definition) is 8. The molecule has 0 aliphatic carbocycles. The highest BCUT2D eigenvalue weighted by atomic mass is 19.4. The topological polar surface area (TPSA) is 118 Å². The number of rotatable bonds is 2. The highest BCUT2D eigenvalue weighted by molar-refractivity contribution is 6.09. The SMILES string of the molecule is COc1cccc2oc3c(N4CCN(C)CC4)nc(N)nc3c12.O=C(O)C(F)(F)F. The van der Waals surface area contributed by atoms with Gasteiger partial charge in [0.2, 0.25) is 5.95 Å². The lowest BCUT2D eigenvalue weighted by Gasteiger charge is -2.33. The van der Waals surface area contributed by atoms with E-state index in [0.29, 0.717) is 11.1 Å². The number of carboxylic acid groups (broad SMARTS) is 1. The van der Waals surface area contributed by atoms with Crippen molar-refractivity contribution in [2.75, 3.05) is 51.0 Å². The number of halogens is 3. The predicted molar refractivity (Wildman–Crippen MR) is 104 cm³/mol. The molecule has 4 rings (SSSR count). The first-order valence-electron chi connectivity index (χ1n) is 8.88. The van der Waals surface area contributed by atoms with Crippen LogP contribution in [0.5, 0.6) is 5.75 Å². The molecule has 0 radical (unpaired) electrons. The molecule has 162 valence electrons. The summed E-state index contributed by atoms with van der Waals surface area (Å²) >= 11 is 0. The van der Waals surface area contributed by atoms with Gasteiger partial charge in [-0.3, -0.25) is 0 Å². The van der Waals surface area contributed by atoms with Gasteiger partial charge in [0.25, 0.3) is 0 Å². The van der Waals surface area contributed by atoms with E-state index < -0.39 is 12.1 Å². The number of ether oxygens (including phenoxy) is 1. The molecule has 3 N–H and O–H groups in total. The molecule has 3 aromatic rings. The van der Waals surface area contributed by atoms with Crippen LogP contribution >= 0.6 is 0 Å². The van der Waals surface area contributed by atoms with Crippen molar-refractivity contribution in [2.24, 2.45) is 0 Å². The molecule has 0 unspecified atom stereocenters. The number of methoxy groups -OCH3 is 1. The zero-order chi connectivity index (χ0) is 22.1. The molecular weight excluding hydrogens is 407 g/mol. The maximum Gasteiger partial charge on any atom is 0.490 e. The number of likely N-dealkylation sites (N-methyl/N-ethyl adjacent to an activating group) is 1. The minimum absolute atomic E-state index is 0.250. The van der Waals surface area contributed by atoms with Gasteiger partial charge >= 0.3 is 12.1 Å². The number of nitrogens with zero attached hydrogens (tertiary/aromatic N) is 4. The van der Waals surface area contributed by atoms with Crippen molar-refractivity contribution in [3.05, 3.63) is 18.2 Å². The number of benzene rings is 1. The fraction of sp³-hybridized carbons (Fsp3) is 0.389. The van der Waals surface area contributed by atoms with E-state index >= 15 is 0 Å². The third kappa shape index (κ3) is 4.32. The minimum Gasteiger partial charge on any atom is -0.496 e. The Morgan fingerprint density at radius 2 is 1.87 bits per heavy atom. The van der Waals surface area contributed by atoms with Crippen LogP contribution in [0.4, 0.5) is 24.9 Å². The number of nitrogens with two attached hydrogens (primary N) is 1. The number of fused-ring (bicyclic) bond motifs is 3. The smallest absolute Gasteiger partial charge is 0.490 e. The Labute approximate surface area is 168 Å². The number of anilines is 2. The summed E-state index contributed by atoms with van der Waals surface area (Å²) in [5.74, 6) is -1.02. The molecule has 9 nitrogen and oxygen atoms in total. The van der Waals surface area contributed by atoms with Gasteiger partial charge in [-0.1, -0.05) is 6.07 Å². The van der Waals surface area contributed by atoms with Crippen molar-refractivity contribution < 1.29 is 32.2 Å². The lowest BCUT2D eigenvalue weighted by molar-refractivity contribution is -0.192. The van der Waals surface area contributed by atoms with E-state index in [1.807, 2.05) is 18.2 Å². The standard InChI is InChI=1S/C16H19N5O2.C2HF3O2/c1-20-6-8-21(9-7-20)15-14-13(18-16(17)19-15)12-10(22-2)4-3-5-11(12)23-14;3-2(4,5)1(6)7/h3-5H,6-9H2,1-2H3,(H2,17,18,19);(H,6,7). The van der Waals surface area contributed by atoms with Crippen molar-refractivity contribution in [3.63, 3.8) is 0 Å². The summed E-state index contributed by atoms with van der Waals surface area (Å²) in [6, 6.07) is 5.70. The lowest BCUT2D eigenvalue weighted by Crippen LogP contribution is -2.44. The van der Waals surface area contributed by atoms with Gasteiger partial charge in [-0.15, -0.1) is 0 Å². The zero-order valence-electron chi connectivity index (χ0n) is 16.2. The number of alkyl halides is 3. The van der Waals surface area contributed by atoms with Crippen LogP contribution in [0.1, 0.15) is 0 Å². The Morgan fingerprint density at radius 3 is 2.43 bits per heavy atom. The molecule has 30 heavy (non-hydrogen) atoms. The number of hydrogen-bond donors (Lipinski definition) is 2. The molecule has 12 heteroatoms. The molecular formula is C18H20F3N5O4. The Bertz CT molecular complexity index is 1060. The van der Waals surface area contributed by atoms with E-state index in [4.69, 9.17) is 24.8 Å². The number of nitrogen functional groups attached to an aromatic ring is 1. The van der Waals surface area contributed by atoms with Crippen LogP contribution in [-0.2, 0) is 4.79 Å². The first kappa shape index (κ1) is 21.4. The quantitative estimate of drug-likeness (QED) is 0.635. The fourth-order valence-corrected chi connectivity index (χ4v) is 3.06. The van der Waals surface area contributed by atoms with E-state index in [2.05, 4.69) is 26.8 Å². The van der Waals surface area contributed by atoms with Crippen molar-refractivity contribution in [2.45, 2.75) is 6.18 Å². The van der Waals surface area contributed by atoms with Crippen molar-refractivity contribution in [1.82, 2.24) is 14.9 Å². The Balaban J connectivity index is 0.000000318. The minimum atomic E-state index is -5.08. The number of carbonyl (C=O) groups is 1. The average Bonchev–Trinajstić information content (AvgIpc) is 3.06. The average molecular weight is 427 g/mol. The molecule has 1 aromatic carbocycles. The number of aromatic nitrogens is 2. The van der Waals surface area contributed by atoms with Crippen molar-refractivity contribution in [1.29, 1.82) is 0 Å². The molecule has 0 atom stereocenters. The summed E-state index contributed by atoms with van der Waals surface area (Å²) in [7, 11) is 3.76. The molecule has 2 aromatic heterocycles. The Hall–Kier alpha value is -3.28. The maximum absolute atomic E-state index is 10.6. The van der Waals surface area contributed by atoms with Crippen LogP contribution in [0.15, 0.2) is 22.6 Å². The molecule has 0 saturated carbocycles.